The Kier molecular flexibility index (Phi) is 6.18. The quantitative estimate of drug-likeness (QED) is 0.496. The van der Waals surface area contributed by atoms with Crippen molar-refractivity contribution in [2.45, 2.75) is 76.5 Å². The van der Waals surface area contributed by atoms with Crippen LogP contribution in [0.15, 0.2) is 0 Å². The van der Waals surface area contributed by atoms with Gasteiger partial charge in [0.15, 0.2) is 0 Å². The van der Waals surface area contributed by atoms with E-state index < -0.39 is 28.8 Å². The second-order valence-corrected chi connectivity index (χ2v) is 10.4. The molecule has 0 aromatic rings. The lowest BCUT2D eigenvalue weighted by atomic mass is 9.46. The van der Waals surface area contributed by atoms with Crippen LogP contribution < -0.4 is 5.32 Å². The number of rotatable bonds is 7. The fourth-order valence-electron chi connectivity index (χ4n) is 6.28. The molecule has 4 rings (SSSR count). The molecule has 8 nitrogen and oxygen atoms in total. The SMILES string of the molecule is CC(C)(C)OC(=O)N[C@H](C(=O)N(CCO)CCO)C12C[C@@H]3C[C@@H](CC(O)(C3)C1)C2. The van der Waals surface area contributed by atoms with Gasteiger partial charge in [0, 0.05) is 18.5 Å². The second kappa shape index (κ2) is 8.04. The molecule has 0 aliphatic heterocycles. The Morgan fingerprint density at radius 2 is 1.66 bits per heavy atom. The van der Waals surface area contributed by atoms with Gasteiger partial charge in [-0.15, -0.1) is 0 Å². The van der Waals surface area contributed by atoms with Gasteiger partial charge in [0.25, 0.3) is 0 Å². The van der Waals surface area contributed by atoms with Crippen LogP contribution in [0, 0.1) is 17.3 Å². The van der Waals surface area contributed by atoms with Crippen molar-refractivity contribution in [1.29, 1.82) is 0 Å². The molecule has 0 radical (unpaired) electrons. The van der Waals surface area contributed by atoms with Gasteiger partial charge in [0.1, 0.15) is 11.6 Å². The largest absolute Gasteiger partial charge is 0.444 e. The Morgan fingerprint density at radius 1 is 1.10 bits per heavy atom. The lowest BCUT2D eigenvalue weighted by Crippen LogP contribution is -2.66. The van der Waals surface area contributed by atoms with E-state index in [4.69, 9.17) is 4.74 Å². The predicted octanol–water partition coefficient (Wildman–Crippen LogP) is 1.02. The molecule has 2 unspecified atom stereocenters. The van der Waals surface area contributed by atoms with Gasteiger partial charge in [-0.2, -0.15) is 0 Å². The van der Waals surface area contributed by atoms with Crippen LogP contribution in [-0.2, 0) is 9.53 Å². The van der Waals surface area contributed by atoms with Gasteiger partial charge in [0.05, 0.1) is 18.8 Å². The summed E-state index contributed by atoms with van der Waals surface area (Å²) in [6.45, 7) is 5.00. The summed E-state index contributed by atoms with van der Waals surface area (Å²) in [5.74, 6) is 0.367. The van der Waals surface area contributed by atoms with Crippen molar-refractivity contribution in [3.05, 3.63) is 0 Å². The van der Waals surface area contributed by atoms with Crippen molar-refractivity contribution in [2.75, 3.05) is 26.3 Å². The van der Waals surface area contributed by atoms with Crippen LogP contribution >= 0.6 is 0 Å². The first-order chi connectivity index (χ1) is 13.5. The molecule has 0 aromatic heterocycles. The molecule has 29 heavy (non-hydrogen) atoms. The number of hydrogen-bond donors (Lipinski definition) is 4. The third-order valence-electron chi connectivity index (χ3n) is 6.65. The zero-order valence-electron chi connectivity index (χ0n) is 17.8. The number of nitrogens with one attached hydrogen (secondary N) is 1. The second-order valence-electron chi connectivity index (χ2n) is 10.4. The van der Waals surface area contributed by atoms with Crippen molar-refractivity contribution >= 4 is 12.0 Å². The van der Waals surface area contributed by atoms with Gasteiger partial charge in [-0.1, -0.05) is 0 Å². The van der Waals surface area contributed by atoms with Crippen LogP contribution in [0.2, 0.25) is 0 Å². The fraction of sp³-hybridized carbons (Fsp3) is 0.905. The zero-order chi connectivity index (χ0) is 21.4. The van der Waals surface area contributed by atoms with Crippen LogP contribution in [0.4, 0.5) is 4.79 Å². The van der Waals surface area contributed by atoms with E-state index >= 15 is 0 Å². The Morgan fingerprint density at radius 3 is 2.10 bits per heavy atom. The van der Waals surface area contributed by atoms with Gasteiger partial charge in [-0.05, 0) is 71.1 Å². The average molecular weight is 413 g/mol. The van der Waals surface area contributed by atoms with E-state index in [9.17, 15) is 24.9 Å². The maximum absolute atomic E-state index is 13.5. The lowest BCUT2D eigenvalue weighted by Gasteiger charge is -2.62. The van der Waals surface area contributed by atoms with E-state index in [0.717, 1.165) is 32.1 Å². The van der Waals surface area contributed by atoms with E-state index in [-0.39, 0.29) is 32.2 Å². The highest BCUT2D eigenvalue weighted by molar-refractivity contribution is 5.87. The number of carbonyl (C=O) groups excluding carboxylic acids is 2. The van der Waals surface area contributed by atoms with Crippen molar-refractivity contribution < 1.29 is 29.6 Å². The first-order valence-corrected chi connectivity index (χ1v) is 10.7. The van der Waals surface area contributed by atoms with Crippen LogP contribution in [-0.4, -0.2) is 75.8 Å². The highest BCUT2D eigenvalue weighted by atomic mass is 16.6. The molecule has 166 valence electrons. The summed E-state index contributed by atoms with van der Waals surface area (Å²) >= 11 is 0. The molecule has 0 spiro atoms. The summed E-state index contributed by atoms with van der Waals surface area (Å²) in [7, 11) is 0. The van der Waals surface area contributed by atoms with E-state index in [2.05, 4.69) is 5.32 Å². The number of nitrogens with zero attached hydrogens (tertiary/aromatic N) is 1. The lowest BCUT2D eigenvalue weighted by molar-refractivity contribution is -0.180. The van der Waals surface area contributed by atoms with Gasteiger partial charge >= 0.3 is 6.09 Å². The molecule has 0 aromatic carbocycles. The summed E-state index contributed by atoms with van der Waals surface area (Å²) in [4.78, 5) is 27.5. The Hall–Kier alpha value is -1.38. The van der Waals surface area contributed by atoms with E-state index in [1.165, 1.54) is 4.90 Å². The van der Waals surface area contributed by atoms with Crippen molar-refractivity contribution in [3.63, 3.8) is 0 Å². The zero-order valence-corrected chi connectivity index (χ0v) is 17.8. The monoisotopic (exact) mass is 412 g/mol. The van der Waals surface area contributed by atoms with Gasteiger partial charge in [-0.25, -0.2) is 4.79 Å². The highest BCUT2D eigenvalue weighted by Gasteiger charge is 2.61. The molecular weight excluding hydrogens is 376 g/mol. The van der Waals surface area contributed by atoms with Gasteiger partial charge in [-0.3, -0.25) is 4.79 Å². The Balaban J connectivity index is 1.90. The van der Waals surface area contributed by atoms with Crippen molar-refractivity contribution in [2.24, 2.45) is 17.3 Å². The maximum atomic E-state index is 13.5. The fourth-order valence-corrected chi connectivity index (χ4v) is 6.28. The van der Waals surface area contributed by atoms with Crippen LogP contribution in [0.5, 0.6) is 0 Å². The molecule has 4 aliphatic carbocycles. The minimum absolute atomic E-state index is 0.0824. The Bertz CT molecular complexity index is 611. The van der Waals surface area contributed by atoms with Crippen molar-refractivity contribution in [3.8, 4) is 0 Å². The van der Waals surface area contributed by atoms with Crippen molar-refractivity contribution in [1.82, 2.24) is 10.2 Å². The number of carbonyl (C=O) groups is 2. The van der Waals surface area contributed by atoms with E-state index in [0.29, 0.717) is 18.3 Å². The topological polar surface area (TPSA) is 119 Å². The number of alkyl carbamates (subject to hydrolysis) is 1. The molecule has 4 bridgehead atoms. The molecule has 0 saturated heterocycles. The molecule has 4 fully saturated rings. The van der Waals surface area contributed by atoms with Gasteiger partial charge < -0.3 is 30.3 Å². The third-order valence-corrected chi connectivity index (χ3v) is 6.65. The van der Waals surface area contributed by atoms with Crippen LogP contribution in [0.25, 0.3) is 0 Å². The molecule has 0 heterocycles. The number of hydrogen-bond acceptors (Lipinski definition) is 6. The summed E-state index contributed by atoms with van der Waals surface area (Å²) in [5, 5.41) is 32.7. The first-order valence-electron chi connectivity index (χ1n) is 10.7. The Labute approximate surface area is 172 Å². The molecule has 4 N–H and O–H groups in total. The third kappa shape index (κ3) is 4.86. The molecule has 4 saturated carbocycles. The normalized spacial score (nSPS) is 34.0. The molecule has 2 amide bonds. The molecule has 4 aliphatic rings. The molecule has 8 heteroatoms. The number of amides is 2. The molecular formula is C21H36N2O6. The summed E-state index contributed by atoms with van der Waals surface area (Å²) in [5.41, 5.74) is -2.01. The average Bonchev–Trinajstić information content (AvgIpc) is 2.55. The van der Waals surface area contributed by atoms with E-state index in [1.807, 2.05) is 0 Å². The minimum atomic E-state index is -0.854. The first kappa shape index (κ1) is 22.3. The smallest absolute Gasteiger partial charge is 0.408 e. The van der Waals surface area contributed by atoms with Crippen LogP contribution in [0.1, 0.15) is 59.3 Å². The number of aliphatic hydroxyl groups excluding tert-OH is 2. The van der Waals surface area contributed by atoms with E-state index in [1.54, 1.807) is 20.8 Å². The predicted molar refractivity (Wildman–Crippen MR) is 106 cm³/mol. The number of ether oxygens (including phenoxy) is 1. The molecule has 5 atom stereocenters. The minimum Gasteiger partial charge on any atom is -0.444 e. The summed E-state index contributed by atoms with van der Waals surface area (Å²) in [6.07, 6.45) is 3.96. The highest BCUT2D eigenvalue weighted by Crippen LogP contribution is 2.63. The van der Waals surface area contributed by atoms with Gasteiger partial charge in [0.2, 0.25) is 5.91 Å². The summed E-state index contributed by atoms with van der Waals surface area (Å²) < 4.78 is 5.42. The maximum Gasteiger partial charge on any atom is 0.408 e. The van der Waals surface area contributed by atoms with Crippen LogP contribution in [0.3, 0.4) is 0 Å². The number of aliphatic hydroxyl groups is 3. The standard InChI is InChI=1S/C21H36N2O6/c1-19(2,3)29-18(27)22-16(17(26)23(4-6-24)5-7-25)20-9-14-8-15(10-20)12-21(28,11-14)13-20/h14-16,24-25,28H,4-13H2,1-3H3,(H,22,27)/t14-,15+,16-,20?,21?/m1/s1. The summed E-state index contributed by atoms with van der Waals surface area (Å²) in [6, 6.07) is -0.854.